The summed E-state index contributed by atoms with van der Waals surface area (Å²) in [6.07, 6.45) is 2.62. The van der Waals surface area contributed by atoms with Crippen LogP contribution in [0.25, 0.3) is 0 Å². The molecule has 2 amide bonds. The first-order valence-corrected chi connectivity index (χ1v) is 10.2. The molecule has 0 aliphatic carbocycles. The summed E-state index contributed by atoms with van der Waals surface area (Å²) in [6.45, 7) is 4.67. The van der Waals surface area contributed by atoms with E-state index >= 15 is 0 Å². The Kier molecular flexibility index (Phi) is 4.72. The number of nitrogens with one attached hydrogen (secondary N) is 1. The average molecular weight is 385 g/mol. The van der Waals surface area contributed by atoms with Gasteiger partial charge in [-0.15, -0.1) is 0 Å². The molecule has 3 fully saturated rings. The average Bonchev–Trinajstić information content (AvgIpc) is 3.42. The molecule has 0 radical (unpaired) electrons. The number of ether oxygens (including phenoxy) is 3. The van der Waals surface area contributed by atoms with Crippen LogP contribution in [-0.2, 0) is 15.9 Å². The van der Waals surface area contributed by atoms with Gasteiger partial charge in [0.05, 0.1) is 26.0 Å². The number of carbonyl (C=O) groups is 1. The fraction of sp³-hybridized carbons (Fsp3) is 0.619. The van der Waals surface area contributed by atoms with Gasteiger partial charge in [-0.05, 0) is 30.4 Å². The van der Waals surface area contributed by atoms with Crippen LogP contribution in [0.3, 0.4) is 0 Å². The standard InChI is InChI=1S/C21H27N3O4/c1-26-18-3-2-16(13-4-6-27-7-5-13)20-17(18)8-19(22-20)23-21(25)24-9-14-11-28-12-15(14)10-24/h2-3,13-15H,4-12H2,1H3,(H,22,23,25). The van der Waals surface area contributed by atoms with Crippen LogP contribution in [0.1, 0.15) is 29.9 Å². The maximum absolute atomic E-state index is 12.8. The summed E-state index contributed by atoms with van der Waals surface area (Å²) < 4.78 is 16.6. The van der Waals surface area contributed by atoms with Crippen molar-refractivity contribution in [2.75, 3.05) is 46.6 Å². The second kappa shape index (κ2) is 7.37. The molecule has 150 valence electrons. The summed E-state index contributed by atoms with van der Waals surface area (Å²) in [5, 5.41) is 3.05. The van der Waals surface area contributed by atoms with Crippen LogP contribution in [0.2, 0.25) is 0 Å². The molecule has 3 saturated heterocycles. The maximum Gasteiger partial charge on any atom is 0.322 e. The van der Waals surface area contributed by atoms with Gasteiger partial charge in [-0.2, -0.15) is 0 Å². The minimum atomic E-state index is -0.0486. The molecule has 0 saturated carbocycles. The second-order valence-electron chi connectivity index (χ2n) is 8.20. The number of aliphatic imine (C=N–C) groups is 1. The van der Waals surface area contributed by atoms with Crippen molar-refractivity contribution in [2.45, 2.75) is 25.2 Å². The summed E-state index contributed by atoms with van der Waals surface area (Å²) in [5.41, 5.74) is 3.30. The molecule has 0 spiro atoms. The number of hydrogen-bond acceptors (Lipinski definition) is 5. The zero-order valence-corrected chi connectivity index (χ0v) is 16.3. The van der Waals surface area contributed by atoms with Crippen molar-refractivity contribution in [1.82, 2.24) is 10.2 Å². The summed E-state index contributed by atoms with van der Waals surface area (Å²) in [7, 11) is 1.69. The predicted molar refractivity (Wildman–Crippen MR) is 104 cm³/mol. The number of hydrogen-bond donors (Lipinski definition) is 1. The predicted octanol–water partition coefficient (Wildman–Crippen LogP) is 2.46. The van der Waals surface area contributed by atoms with E-state index in [1.54, 1.807) is 7.11 Å². The van der Waals surface area contributed by atoms with E-state index in [1.807, 2.05) is 11.0 Å². The number of rotatable bonds is 2. The molecule has 1 N–H and O–H groups in total. The summed E-state index contributed by atoms with van der Waals surface area (Å²) in [5.74, 6) is 2.96. The highest BCUT2D eigenvalue weighted by atomic mass is 16.5. The van der Waals surface area contributed by atoms with Crippen molar-refractivity contribution in [3.63, 3.8) is 0 Å². The summed E-state index contributed by atoms with van der Waals surface area (Å²) in [4.78, 5) is 19.5. The third-order valence-corrected chi connectivity index (χ3v) is 6.52. The molecule has 7 heteroatoms. The fourth-order valence-electron chi connectivity index (χ4n) is 4.94. The first-order chi connectivity index (χ1) is 13.7. The van der Waals surface area contributed by atoms with E-state index in [1.165, 1.54) is 5.56 Å². The van der Waals surface area contributed by atoms with Gasteiger partial charge in [-0.1, -0.05) is 6.07 Å². The lowest BCUT2D eigenvalue weighted by Gasteiger charge is -2.24. The van der Waals surface area contributed by atoms with E-state index < -0.39 is 0 Å². The van der Waals surface area contributed by atoms with Crippen LogP contribution in [0, 0.1) is 11.8 Å². The van der Waals surface area contributed by atoms with E-state index in [4.69, 9.17) is 19.2 Å². The number of benzene rings is 1. The number of nitrogens with zero attached hydrogens (tertiary/aromatic N) is 2. The van der Waals surface area contributed by atoms with Gasteiger partial charge in [0.25, 0.3) is 0 Å². The van der Waals surface area contributed by atoms with Crippen molar-refractivity contribution >= 4 is 17.6 Å². The van der Waals surface area contributed by atoms with E-state index in [2.05, 4.69) is 11.4 Å². The number of amidine groups is 1. The minimum Gasteiger partial charge on any atom is -0.496 e. The summed E-state index contributed by atoms with van der Waals surface area (Å²) in [6, 6.07) is 4.11. The van der Waals surface area contributed by atoms with Gasteiger partial charge in [0.1, 0.15) is 11.6 Å². The van der Waals surface area contributed by atoms with Gasteiger partial charge in [0.2, 0.25) is 0 Å². The topological polar surface area (TPSA) is 72.4 Å². The van der Waals surface area contributed by atoms with E-state index in [0.717, 1.165) is 69.4 Å². The maximum atomic E-state index is 12.8. The number of amides is 2. The zero-order chi connectivity index (χ0) is 19.1. The molecular formula is C21H27N3O4. The molecule has 4 heterocycles. The number of likely N-dealkylation sites (tertiary alicyclic amines) is 1. The Morgan fingerprint density at radius 1 is 1.18 bits per heavy atom. The number of fused-ring (bicyclic) bond motifs is 2. The van der Waals surface area contributed by atoms with Crippen molar-refractivity contribution in [2.24, 2.45) is 16.8 Å². The van der Waals surface area contributed by atoms with Crippen molar-refractivity contribution in [3.8, 4) is 5.75 Å². The molecule has 0 aromatic heterocycles. The zero-order valence-electron chi connectivity index (χ0n) is 16.3. The van der Waals surface area contributed by atoms with Crippen LogP contribution in [0.4, 0.5) is 10.5 Å². The van der Waals surface area contributed by atoms with Gasteiger partial charge < -0.3 is 19.1 Å². The van der Waals surface area contributed by atoms with E-state index in [9.17, 15) is 4.79 Å². The van der Waals surface area contributed by atoms with Crippen LogP contribution in [0.15, 0.2) is 17.1 Å². The smallest absolute Gasteiger partial charge is 0.322 e. The monoisotopic (exact) mass is 385 g/mol. The Labute approximate surface area is 165 Å². The molecule has 2 unspecified atom stereocenters. The third-order valence-electron chi connectivity index (χ3n) is 6.52. The van der Waals surface area contributed by atoms with Gasteiger partial charge in [0, 0.05) is 50.1 Å². The second-order valence-corrected chi connectivity index (χ2v) is 8.20. The van der Waals surface area contributed by atoms with Crippen LogP contribution < -0.4 is 10.1 Å². The molecule has 1 aromatic carbocycles. The molecule has 2 atom stereocenters. The highest BCUT2D eigenvalue weighted by molar-refractivity contribution is 6.03. The van der Waals surface area contributed by atoms with Crippen LogP contribution >= 0.6 is 0 Å². The number of urea groups is 1. The Hall–Kier alpha value is -2.12. The largest absolute Gasteiger partial charge is 0.496 e. The molecule has 28 heavy (non-hydrogen) atoms. The Morgan fingerprint density at radius 3 is 2.64 bits per heavy atom. The van der Waals surface area contributed by atoms with Crippen LogP contribution in [-0.4, -0.2) is 63.4 Å². The van der Waals surface area contributed by atoms with Crippen molar-refractivity contribution in [1.29, 1.82) is 0 Å². The molecule has 0 bridgehead atoms. The molecule has 5 rings (SSSR count). The van der Waals surface area contributed by atoms with Crippen molar-refractivity contribution < 1.29 is 19.0 Å². The number of carbonyl (C=O) groups excluding carboxylic acids is 1. The third kappa shape index (κ3) is 3.16. The first kappa shape index (κ1) is 17.9. The lowest BCUT2D eigenvalue weighted by Crippen LogP contribution is -2.42. The Balaban J connectivity index is 1.34. The summed E-state index contributed by atoms with van der Waals surface area (Å²) >= 11 is 0. The molecule has 7 nitrogen and oxygen atoms in total. The Morgan fingerprint density at radius 2 is 1.93 bits per heavy atom. The van der Waals surface area contributed by atoms with Gasteiger partial charge in [-0.25, -0.2) is 9.79 Å². The highest BCUT2D eigenvalue weighted by Crippen LogP contribution is 2.43. The lowest BCUT2D eigenvalue weighted by molar-refractivity contribution is 0.0854. The SMILES string of the molecule is COc1ccc(C2CCOCC2)c2c1CC(NC(=O)N1CC3COCC3C1)=N2. The first-order valence-electron chi connectivity index (χ1n) is 10.2. The van der Waals surface area contributed by atoms with E-state index in [0.29, 0.717) is 30.0 Å². The Bertz CT molecular complexity index is 791. The molecule has 4 aliphatic heterocycles. The van der Waals surface area contributed by atoms with Gasteiger partial charge in [0.15, 0.2) is 0 Å². The molecular weight excluding hydrogens is 358 g/mol. The van der Waals surface area contributed by atoms with Gasteiger partial charge >= 0.3 is 6.03 Å². The van der Waals surface area contributed by atoms with Crippen molar-refractivity contribution in [3.05, 3.63) is 23.3 Å². The van der Waals surface area contributed by atoms with Gasteiger partial charge in [-0.3, -0.25) is 5.32 Å². The lowest BCUT2D eigenvalue weighted by atomic mass is 9.89. The quantitative estimate of drug-likeness (QED) is 0.849. The number of methoxy groups -OCH3 is 1. The highest BCUT2D eigenvalue weighted by Gasteiger charge is 2.39. The molecule has 1 aromatic rings. The molecule has 4 aliphatic rings. The fourth-order valence-corrected chi connectivity index (χ4v) is 4.94. The normalized spacial score (nSPS) is 26.8. The van der Waals surface area contributed by atoms with E-state index in [-0.39, 0.29) is 6.03 Å². The minimum absolute atomic E-state index is 0.0486. The van der Waals surface area contributed by atoms with Crippen LogP contribution in [0.5, 0.6) is 5.75 Å².